The van der Waals surface area contributed by atoms with E-state index in [0.29, 0.717) is 37.6 Å². The summed E-state index contributed by atoms with van der Waals surface area (Å²) in [6.07, 6.45) is 0. The summed E-state index contributed by atoms with van der Waals surface area (Å²) in [7, 11) is 0. The molecule has 1 aromatic rings. The van der Waals surface area contributed by atoms with Crippen molar-refractivity contribution < 1.29 is 0 Å². The minimum Gasteiger partial charge on any atom is -0.370 e. The third-order valence-corrected chi connectivity index (χ3v) is 2.72. The summed E-state index contributed by atoms with van der Waals surface area (Å²) >= 11 is 0. The molecule has 0 saturated carbocycles. The Hall–Kier alpha value is -1.56. The van der Waals surface area contributed by atoms with Gasteiger partial charge in [0, 0.05) is 26.2 Å². The largest absolute Gasteiger partial charge is 0.370 e. The summed E-state index contributed by atoms with van der Waals surface area (Å²) in [5, 5.41) is 3.04. The van der Waals surface area contributed by atoms with E-state index in [0.717, 1.165) is 0 Å². The van der Waals surface area contributed by atoms with Crippen LogP contribution in [0.5, 0.6) is 0 Å². The first-order chi connectivity index (χ1) is 8.08. The van der Waals surface area contributed by atoms with Crippen LogP contribution in [0.1, 0.15) is 19.4 Å². The van der Waals surface area contributed by atoms with Gasteiger partial charge in [-0.15, -0.1) is 0 Å². The summed E-state index contributed by atoms with van der Waals surface area (Å²) in [6, 6.07) is 0. The summed E-state index contributed by atoms with van der Waals surface area (Å²) in [4.78, 5) is 24.0. The Balaban J connectivity index is 3.49. The second-order valence-corrected chi connectivity index (χ2v) is 3.77. The molecule has 0 aliphatic heterocycles. The predicted molar refractivity (Wildman–Crippen MR) is 68.6 cm³/mol. The molecular weight excluding hydrogens is 220 g/mol. The fourth-order valence-electron chi connectivity index (χ4n) is 1.83. The van der Waals surface area contributed by atoms with Crippen LogP contribution in [0.15, 0.2) is 9.59 Å². The lowest BCUT2D eigenvalue weighted by Crippen LogP contribution is -2.42. The van der Waals surface area contributed by atoms with Gasteiger partial charge in [0.2, 0.25) is 0 Å². The standard InChI is InChI=1S/C11H20N4O2/c1-4-14-9(13-7-6-12)8(3)10(16)15(5-2)11(14)17/h13H,4-7,12H2,1-3H3. The fourth-order valence-corrected chi connectivity index (χ4v) is 1.83. The van der Waals surface area contributed by atoms with Gasteiger partial charge in [-0.05, 0) is 20.8 Å². The number of rotatable bonds is 5. The summed E-state index contributed by atoms with van der Waals surface area (Å²) in [5.41, 5.74) is 5.47. The van der Waals surface area contributed by atoms with Gasteiger partial charge in [-0.25, -0.2) is 4.79 Å². The van der Waals surface area contributed by atoms with Gasteiger partial charge in [0.25, 0.3) is 5.56 Å². The zero-order valence-electron chi connectivity index (χ0n) is 10.6. The molecule has 1 rings (SSSR count). The van der Waals surface area contributed by atoms with Gasteiger partial charge in [0.15, 0.2) is 0 Å². The molecule has 3 N–H and O–H groups in total. The second-order valence-electron chi connectivity index (χ2n) is 3.77. The maximum atomic E-state index is 12.0. The van der Waals surface area contributed by atoms with Crippen LogP contribution in [0.3, 0.4) is 0 Å². The van der Waals surface area contributed by atoms with E-state index in [4.69, 9.17) is 5.73 Å². The molecule has 0 saturated heterocycles. The molecule has 0 aliphatic carbocycles. The lowest BCUT2D eigenvalue weighted by molar-refractivity contribution is 0.586. The van der Waals surface area contributed by atoms with Gasteiger partial charge in [-0.3, -0.25) is 13.9 Å². The zero-order valence-corrected chi connectivity index (χ0v) is 10.6. The molecule has 0 atom stereocenters. The molecule has 0 fully saturated rings. The SMILES string of the molecule is CCn1c(NCCN)c(C)c(=O)n(CC)c1=O. The first kappa shape index (κ1) is 13.5. The highest BCUT2D eigenvalue weighted by Gasteiger charge is 2.13. The van der Waals surface area contributed by atoms with Crippen LogP contribution in [0, 0.1) is 6.92 Å². The average molecular weight is 240 g/mol. The van der Waals surface area contributed by atoms with E-state index in [1.807, 2.05) is 6.92 Å². The minimum atomic E-state index is -0.273. The van der Waals surface area contributed by atoms with Crippen molar-refractivity contribution in [1.82, 2.24) is 9.13 Å². The van der Waals surface area contributed by atoms with Gasteiger partial charge in [-0.1, -0.05) is 0 Å². The topological polar surface area (TPSA) is 82.1 Å². The average Bonchev–Trinajstić information content (AvgIpc) is 2.32. The van der Waals surface area contributed by atoms with Crippen LogP contribution in [-0.4, -0.2) is 22.2 Å². The zero-order chi connectivity index (χ0) is 13.0. The van der Waals surface area contributed by atoms with Crippen molar-refractivity contribution in [2.75, 3.05) is 18.4 Å². The van der Waals surface area contributed by atoms with E-state index < -0.39 is 0 Å². The number of nitrogens with one attached hydrogen (secondary N) is 1. The molecule has 0 amide bonds. The Morgan fingerprint density at radius 3 is 2.24 bits per heavy atom. The van der Waals surface area contributed by atoms with Crippen molar-refractivity contribution in [2.24, 2.45) is 5.73 Å². The van der Waals surface area contributed by atoms with Crippen LogP contribution in [0.4, 0.5) is 5.82 Å². The molecule has 1 heterocycles. The van der Waals surface area contributed by atoms with E-state index in [1.54, 1.807) is 18.4 Å². The van der Waals surface area contributed by atoms with Gasteiger partial charge in [-0.2, -0.15) is 0 Å². The molecule has 96 valence electrons. The lowest BCUT2D eigenvalue weighted by Gasteiger charge is -2.17. The summed E-state index contributed by atoms with van der Waals surface area (Å²) < 4.78 is 2.81. The number of nitrogens with zero attached hydrogens (tertiary/aromatic N) is 2. The van der Waals surface area contributed by atoms with E-state index >= 15 is 0 Å². The van der Waals surface area contributed by atoms with Gasteiger partial charge in [0.05, 0.1) is 5.56 Å². The second kappa shape index (κ2) is 5.67. The first-order valence-electron chi connectivity index (χ1n) is 5.86. The molecule has 0 radical (unpaired) electrons. The molecule has 17 heavy (non-hydrogen) atoms. The normalized spacial score (nSPS) is 10.6. The molecular formula is C11H20N4O2. The van der Waals surface area contributed by atoms with E-state index in [1.165, 1.54) is 4.57 Å². The van der Waals surface area contributed by atoms with Gasteiger partial charge in [0.1, 0.15) is 5.82 Å². The summed E-state index contributed by atoms with van der Waals surface area (Å²) in [6.45, 7) is 7.28. The van der Waals surface area contributed by atoms with Crippen LogP contribution in [0.25, 0.3) is 0 Å². The number of aromatic nitrogens is 2. The molecule has 1 aromatic heterocycles. The van der Waals surface area contributed by atoms with Crippen molar-refractivity contribution in [3.63, 3.8) is 0 Å². The Kier molecular flexibility index (Phi) is 4.51. The molecule has 0 aliphatic rings. The van der Waals surface area contributed by atoms with Crippen molar-refractivity contribution >= 4 is 5.82 Å². The quantitative estimate of drug-likeness (QED) is 0.742. The Labute approximate surface area is 100 Å². The minimum absolute atomic E-state index is 0.235. The molecule has 0 spiro atoms. The third kappa shape index (κ3) is 2.41. The highest BCUT2D eigenvalue weighted by atomic mass is 16.2. The lowest BCUT2D eigenvalue weighted by atomic mass is 10.3. The van der Waals surface area contributed by atoms with Crippen molar-refractivity contribution in [3.8, 4) is 0 Å². The van der Waals surface area contributed by atoms with Crippen molar-refractivity contribution in [3.05, 3.63) is 26.4 Å². The Bertz CT molecular complexity index is 501. The first-order valence-corrected chi connectivity index (χ1v) is 5.86. The highest BCUT2D eigenvalue weighted by Crippen LogP contribution is 2.07. The third-order valence-electron chi connectivity index (χ3n) is 2.72. The van der Waals surface area contributed by atoms with Crippen molar-refractivity contribution in [2.45, 2.75) is 33.9 Å². The van der Waals surface area contributed by atoms with E-state index in [-0.39, 0.29) is 11.2 Å². The molecule has 6 nitrogen and oxygen atoms in total. The summed E-state index contributed by atoms with van der Waals surface area (Å²) in [5.74, 6) is 0.581. The Morgan fingerprint density at radius 1 is 1.18 bits per heavy atom. The fraction of sp³-hybridized carbons (Fsp3) is 0.636. The van der Waals surface area contributed by atoms with Crippen LogP contribution < -0.4 is 22.3 Å². The van der Waals surface area contributed by atoms with Crippen LogP contribution in [-0.2, 0) is 13.1 Å². The van der Waals surface area contributed by atoms with Gasteiger partial charge >= 0.3 is 5.69 Å². The van der Waals surface area contributed by atoms with Crippen molar-refractivity contribution in [1.29, 1.82) is 0 Å². The molecule has 6 heteroatoms. The maximum Gasteiger partial charge on any atom is 0.332 e. The maximum absolute atomic E-state index is 12.0. The number of nitrogens with two attached hydrogens (primary N) is 1. The van der Waals surface area contributed by atoms with E-state index in [2.05, 4.69) is 5.32 Å². The predicted octanol–water partition coefficient (Wildman–Crippen LogP) is -0.271. The monoisotopic (exact) mass is 240 g/mol. The molecule has 0 aromatic carbocycles. The smallest absolute Gasteiger partial charge is 0.332 e. The van der Waals surface area contributed by atoms with Crippen LogP contribution in [0.2, 0.25) is 0 Å². The van der Waals surface area contributed by atoms with Crippen LogP contribution >= 0.6 is 0 Å². The number of hydrogen-bond acceptors (Lipinski definition) is 4. The van der Waals surface area contributed by atoms with Gasteiger partial charge < -0.3 is 11.1 Å². The van der Waals surface area contributed by atoms with E-state index in [9.17, 15) is 9.59 Å². The molecule has 0 unspecified atom stereocenters. The number of anilines is 1. The Morgan fingerprint density at radius 2 is 1.76 bits per heavy atom. The highest BCUT2D eigenvalue weighted by molar-refractivity contribution is 5.43. The molecule has 0 bridgehead atoms. The number of hydrogen-bond donors (Lipinski definition) is 2.